The normalized spacial score (nSPS) is 11.2. The van der Waals surface area contributed by atoms with Gasteiger partial charge in [-0.25, -0.2) is 14.1 Å². The van der Waals surface area contributed by atoms with E-state index in [0.29, 0.717) is 5.69 Å². The largest absolute Gasteiger partial charge is 0.368 e. The predicted octanol–water partition coefficient (Wildman–Crippen LogP) is 2.36. The van der Waals surface area contributed by atoms with Gasteiger partial charge >= 0.3 is 0 Å². The molecule has 0 aliphatic heterocycles. The number of anilines is 1. The summed E-state index contributed by atoms with van der Waals surface area (Å²) in [5.74, 6) is -0.595. The summed E-state index contributed by atoms with van der Waals surface area (Å²) in [7, 11) is 0. The van der Waals surface area contributed by atoms with Crippen molar-refractivity contribution in [2.75, 3.05) is 5.73 Å². The van der Waals surface area contributed by atoms with E-state index in [1.807, 2.05) is 0 Å². The summed E-state index contributed by atoms with van der Waals surface area (Å²) < 4.78 is 14.9. The molecule has 20 heavy (non-hydrogen) atoms. The first kappa shape index (κ1) is 13.9. The summed E-state index contributed by atoms with van der Waals surface area (Å²) in [6.45, 7) is 1.72. The second-order valence-corrected chi connectivity index (χ2v) is 4.32. The number of nitrogens with two attached hydrogens (primary N) is 1. The Morgan fingerprint density at radius 3 is 2.85 bits per heavy atom. The number of nitro groups is 1. The van der Waals surface area contributed by atoms with E-state index in [-0.39, 0.29) is 16.5 Å². The zero-order valence-electron chi connectivity index (χ0n) is 10.2. The summed E-state index contributed by atoms with van der Waals surface area (Å²) in [5, 5.41) is 14.3. The highest BCUT2D eigenvalue weighted by atomic mass is 35.5. The molecule has 2 aromatic rings. The van der Waals surface area contributed by atoms with Crippen molar-refractivity contribution in [3.8, 4) is 0 Å². The van der Waals surface area contributed by atoms with Crippen LogP contribution in [0.1, 0.15) is 11.3 Å². The van der Waals surface area contributed by atoms with Crippen molar-refractivity contribution in [1.29, 1.82) is 0 Å². The number of imidazole rings is 1. The molecule has 0 aliphatic carbocycles. The van der Waals surface area contributed by atoms with E-state index in [0.717, 1.165) is 18.3 Å². The Morgan fingerprint density at radius 1 is 1.60 bits per heavy atom. The van der Waals surface area contributed by atoms with E-state index in [2.05, 4.69) is 10.1 Å². The van der Waals surface area contributed by atoms with Crippen LogP contribution >= 0.6 is 11.6 Å². The molecule has 0 atom stereocenters. The first-order valence-corrected chi connectivity index (χ1v) is 5.75. The van der Waals surface area contributed by atoms with Crippen LogP contribution in [0.2, 0.25) is 5.02 Å². The molecule has 2 rings (SSSR count). The molecule has 0 aliphatic rings. The van der Waals surface area contributed by atoms with Gasteiger partial charge in [0.15, 0.2) is 0 Å². The second kappa shape index (κ2) is 5.25. The Morgan fingerprint density at radius 2 is 2.30 bits per heavy atom. The van der Waals surface area contributed by atoms with Crippen molar-refractivity contribution in [2.24, 2.45) is 5.10 Å². The van der Waals surface area contributed by atoms with Gasteiger partial charge in [0.1, 0.15) is 10.8 Å². The maximum Gasteiger partial charge on any atom is 0.288 e. The lowest BCUT2D eigenvalue weighted by Crippen LogP contribution is -1.99. The number of aromatic nitrogens is 2. The Hall–Kier alpha value is -2.48. The molecule has 104 valence electrons. The summed E-state index contributed by atoms with van der Waals surface area (Å²) >= 11 is 5.58. The number of nitrogen functional groups attached to an aromatic ring is 1. The molecule has 0 unspecified atom stereocenters. The third kappa shape index (κ3) is 2.75. The van der Waals surface area contributed by atoms with Gasteiger partial charge in [0.25, 0.3) is 5.69 Å². The first-order chi connectivity index (χ1) is 9.38. The zero-order chi connectivity index (χ0) is 14.9. The highest BCUT2D eigenvalue weighted by Gasteiger charge is 2.16. The molecule has 0 radical (unpaired) electrons. The second-order valence-electron chi connectivity index (χ2n) is 3.91. The highest BCUT2D eigenvalue weighted by Crippen LogP contribution is 2.26. The van der Waals surface area contributed by atoms with E-state index in [1.54, 1.807) is 6.92 Å². The zero-order valence-corrected chi connectivity index (χ0v) is 11.0. The predicted molar refractivity (Wildman–Crippen MR) is 72.4 cm³/mol. The fourth-order valence-electron chi connectivity index (χ4n) is 1.51. The van der Waals surface area contributed by atoms with Gasteiger partial charge in [-0.2, -0.15) is 5.10 Å². The molecule has 7 nitrogen and oxygen atoms in total. The summed E-state index contributed by atoms with van der Waals surface area (Å²) in [6.07, 6.45) is 2.64. The number of hydrogen-bond acceptors (Lipinski definition) is 5. The van der Waals surface area contributed by atoms with Crippen molar-refractivity contribution in [3.05, 3.63) is 50.5 Å². The average Bonchev–Trinajstić information content (AvgIpc) is 2.66. The van der Waals surface area contributed by atoms with Crippen molar-refractivity contribution in [3.63, 3.8) is 0 Å². The fourth-order valence-corrected chi connectivity index (χ4v) is 1.73. The number of benzene rings is 1. The highest BCUT2D eigenvalue weighted by molar-refractivity contribution is 6.32. The van der Waals surface area contributed by atoms with E-state index < -0.39 is 16.4 Å². The molecule has 2 N–H and O–H groups in total. The SMILES string of the molecule is Cc1cn(N=Cc2cc([N+](=O)[O-])c(Cl)cc2F)c(N)n1. The van der Waals surface area contributed by atoms with Gasteiger partial charge in [-0.3, -0.25) is 10.1 Å². The summed E-state index contributed by atoms with van der Waals surface area (Å²) in [6, 6.07) is 1.87. The Bertz CT molecular complexity index is 713. The lowest BCUT2D eigenvalue weighted by Gasteiger charge is -2.00. The van der Waals surface area contributed by atoms with Crippen LogP contribution < -0.4 is 5.73 Å². The van der Waals surface area contributed by atoms with Gasteiger partial charge in [0, 0.05) is 17.7 Å². The molecule has 1 aromatic carbocycles. The van der Waals surface area contributed by atoms with Crippen LogP contribution in [-0.2, 0) is 0 Å². The summed E-state index contributed by atoms with van der Waals surface area (Å²) in [5.41, 5.74) is 5.73. The van der Waals surface area contributed by atoms with Gasteiger partial charge in [0.2, 0.25) is 5.95 Å². The molecule has 0 saturated heterocycles. The maximum atomic E-state index is 13.6. The lowest BCUT2D eigenvalue weighted by molar-refractivity contribution is -0.384. The van der Waals surface area contributed by atoms with Crippen molar-refractivity contribution in [2.45, 2.75) is 6.92 Å². The number of rotatable bonds is 3. The van der Waals surface area contributed by atoms with Crippen LogP contribution in [0, 0.1) is 22.9 Å². The van der Waals surface area contributed by atoms with Gasteiger partial charge in [-0.15, -0.1) is 0 Å². The molecular formula is C11H9ClFN5O2. The minimum atomic E-state index is -0.722. The minimum Gasteiger partial charge on any atom is -0.368 e. The number of hydrogen-bond donors (Lipinski definition) is 1. The summed E-state index contributed by atoms with van der Waals surface area (Å²) in [4.78, 5) is 13.9. The molecule has 0 fully saturated rings. The lowest BCUT2D eigenvalue weighted by atomic mass is 10.2. The Labute approximate surface area is 117 Å². The Balaban J connectivity index is 2.41. The standard InChI is InChI=1S/C11H9ClFN5O2/c1-6-5-17(11(14)16-6)15-4-7-2-10(18(19)20)8(12)3-9(7)13/h2-5H,1H3,(H2,14,16). The molecule has 9 heteroatoms. The smallest absolute Gasteiger partial charge is 0.288 e. The fraction of sp³-hybridized carbons (Fsp3) is 0.0909. The van der Waals surface area contributed by atoms with Crippen LogP contribution in [0.15, 0.2) is 23.4 Å². The monoisotopic (exact) mass is 297 g/mol. The van der Waals surface area contributed by atoms with Gasteiger partial charge in [0.05, 0.1) is 23.0 Å². The van der Waals surface area contributed by atoms with E-state index in [9.17, 15) is 14.5 Å². The number of aryl methyl sites for hydroxylation is 1. The van der Waals surface area contributed by atoms with E-state index >= 15 is 0 Å². The van der Waals surface area contributed by atoms with Crippen LogP contribution in [0.4, 0.5) is 16.0 Å². The van der Waals surface area contributed by atoms with E-state index in [4.69, 9.17) is 17.3 Å². The molecule has 0 bridgehead atoms. The van der Waals surface area contributed by atoms with Crippen LogP contribution in [0.5, 0.6) is 0 Å². The van der Waals surface area contributed by atoms with Crippen molar-refractivity contribution < 1.29 is 9.31 Å². The first-order valence-electron chi connectivity index (χ1n) is 5.37. The molecule has 0 spiro atoms. The maximum absolute atomic E-state index is 13.6. The molecule has 1 aromatic heterocycles. The van der Waals surface area contributed by atoms with E-state index in [1.165, 1.54) is 10.9 Å². The third-order valence-electron chi connectivity index (χ3n) is 2.42. The number of nitrogens with zero attached hydrogens (tertiary/aromatic N) is 4. The average molecular weight is 298 g/mol. The van der Waals surface area contributed by atoms with Gasteiger partial charge in [-0.05, 0) is 6.92 Å². The molecular weight excluding hydrogens is 289 g/mol. The van der Waals surface area contributed by atoms with Crippen molar-refractivity contribution >= 4 is 29.5 Å². The van der Waals surface area contributed by atoms with Gasteiger partial charge in [-0.1, -0.05) is 11.6 Å². The molecule has 1 heterocycles. The quantitative estimate of drug-likeness (QED) is 0.534. The molecule has 0 saturated carbocycles. The Kier molecular flexibility index (Phi) is 3.66. The number of nitro benzene ring substituents is 1. The number of halogens is 2. The van der Waals surface area contributed by atoms with Crippen molar-refractivity contribution in [1.82, 2.24) is 9.66 Å². The third-order valence-corrected chi connectivity index (χ3v) is 2.72. The minimum absolute atomic E-state index is 0.0770. The molecule has 0 amide bonds. The van der Waals surface area contributed by atoms with Crippen LogP contribution in [-0.4, -0.2) is 20.8 Å². The van der Waals surface area contributed by atoms with Crippen LogP contribution in [0.25, 0.3) is 0 Å². The van der Waals surface area contributed by atoms with Crippen LogP contribution in [0.3, 0.4) is 0 Å². The van der Waals surface area contributed by atoms with Gasteiger partial charge < -0.3 is 5.73 Å². The topological polar surface area (TPSA) is 99.3 Å².